The Balaban J connectivity index is 1.92. The maximum atomic E-state index is 12.8. The Morgan fingerprint density at radius 3 is 2.17 bits per heavy atom. The first-order valence-electron chi connectivity index (χ1n) is 8.76. The van der Waals surface area contributed by atoms with Crippen molar-refractivity contribution in [1.82, 2.24) is 0 Å². The lowest BCUT2D eigenvalue weighted by molar-refractivity contribution is -0.158. The van der Waals surface area contributed by atoms with E-state index in [9.17, 15) is 8.78 Å². The lowest BCUT2D eigenvalue weighted by atomic mass is 10.1. The van der Waals surface area contributed by atoms with Gasteiger partial charge in [-0.05, 0) is 53.1 Å². The van der Waals surface area contributed by atoms with E-state index in [-0.39, 0.29) is 5.75 Å². The number of ether oxygens (including phenoxy) is 3. The van der Waals surface area contributed by atoms with Crippen molar-refractivity contribution in [3.05, 3.63) is 78.5 Å². The Kier molecular flexibility index (Phi) is 7.71. The Morgan fingerprint density at radius 1 is 1.00 bits per heavy atom. The van der Waals surface area contributed by atoms with Gasteiger partial charge in [0, 0.05) is 25.4 Å². The SMILES string of the molecule is C=C(\C=C/C=N/C=C/c1ccc(OC(C)(F)F)cc1)c1cc(OC)cc(OC)c1. The van der Waals surface area contributed by atoms with E-state index in [0.717, 1.165) is 16.7 Å². The molecule has 0 bridgehead atoms. The summed E-state index contributed by atoms with van der Waals surface area (Å²) in [5, 5.41) is 0. The standard InChI is InChI=1S/C23H23F2NO3/c1-17(19-14-21(27-3)16-22(15-19)28-4)6-5-12-26-13-11-18-7-9-20(10-8-18)29-23(2,24)25/h5-16H,1H2,2-4H3/b6-5-,13-11+,26-12+. The van der Waals surface area contributed by atoms with Crippen molar-refractivity contribution < 1.29 is 23.0 Å². The maximum absolute atomic E-state index is 12.8. The summed E-state index contributed by atoms with van der Waals surface area (Å²) in [6, 6.07) is 11.8. The minimum atomic E-state index is -3.20. The zero-order chi connectivity index (χ0) is 21.3. The fourth-order valence-corrected chi connectivity index (χ4v) is 2.33. The molecular formula is C23H23F2NO3. The van der Waals surface area contributed by atoms with Crippen LogP contribution in [-0.2, 0) is 0 Å². The number of hydrogen-bond acceptors (Lipinski definition) is 4. The summed E-state index contributed by atoms with van der Waals surface area (Å²) in [6.45, 7) is 4.73. The van der Waals surface area contributed by atoms with Crippen LogP contribution in [0.25, 0.3) is 11.6 Å². The molecule has 0 N–H and O–H groups in total. The number of hydrogen-bond donors (Lipinski definition) is 0. The molecule has 0 amide bonds. The molecular weight excluding hydrogens is 376 g/mol. The van der Waals surface area contributed by atoms with Crippen LogP contribution in [0, 0.1) is 0 Å². The molecule has 29 heavy (non-hydrogen) atoms. The molecule has 0 saturated heterocycles. The summed E-state index contributed by atoms with van der Waals surface area (Å²) < 4.78 is 40.6. The minimum Gasteiger partial charge on any atom is -0.497 e. The molecule has 6 heteroatoms. The third-order valence-corrected chi connectivity index (χ3v) is 3.72. The van der Waals surface area contributed by atoms with E-state index >= 15 is 0 Å². The zero-order valence-corrected chi connectivity index (χ0v) is 16.6. The second-order valence-corrected chi connectivity index (χ2v) is 6.08. The number of nitrogens with zero attached hydrogens (tertiary/aromatic N) is 1. The number of benzene rings is 2. The molecule has 0 aliphatic carbocycles. The summed E-state index contributed by atoms with van der Waals surface area (Å²) in [6.07, 6.45) is 5.36. The highest BCUT2D eigenvalue weighted by Crippen LogP contribution is 2.26. The monoisotopic (exact) mass is 399 g/mol. The van der Waals surface area contributed by atoms with E-state index in [4.69, 9.17) is 9.47 Å². The second kappa shape index (κ2) is 10.2. The molecule has 2 aromatic carbocycles. The van der Waals surface area contributed by atoms with Crippen molar-refractivity contribution in [2.24, 2.45) is 4.99 Å². The Labute approximate surface area is 169 Å². The molecule has 0 fully saturated rings. The van der Waals surface area contributed by atoms with Crippen molar-refractivity contribution in [2.45, 2.75) is 13.0 Å². The summed E-state index contributed by atoms with van der Waals surface area (Å²) in [5.74, 6) is 1.47. The highest BCUT2D eigenvalue weighted by molar-refractivity contribution is 5.81. The van der Waals surface area contributed by atoms with Crippen LogP contribution < -0.4 is 14.2 Å². The summed E-state index contributed by atoms with van der Waals surface area (Å²) in [5.41, 5.74) is 2.47. The lowest BCUT2D eigenvalue weighted by Gasteiger charge is -2.12. The van der Waals surface area contributed by atoms with Crippen LogP contribution in [0.5, 0.6) is 17.2 Å². The van der Waals surface area contributed by atoms with Crippen molar-refractivity contribution in [1.29, 1.82) is 0 Å². The molecule has 0 heterocycles. The molecule has 0 spiro atoms. The van der Waals surface area contributed by atoms with Gasteiger partial charge >= 0.3 is 6.11 Å². The lowest BCUT2D eigenvalue weighted by Crippen LogP contribution is -2.18. The van der Waals surface area contributed by atoms with Gasteiger partial charge in [0.2, 0.25) is 0 Å². The zero-order valence-electron chi connectivity index (χ0n) is 16.6. The predicted octanol–water partition coefficient (Wildman–Crippen LogP) is 6.01. The molecule has 0 atom stereocenters. The highest BCUT2D eigenvalue weighted by Gasteiger charge is 2.22. The van der Waals surface area contributed by atoms with Gasteiger partial charge in [0.15, 0.2) is 0 Å². The first-order valence-corrected chi connectivity index (χ1v) is 8.76. The average Bonchev–Trinajstić information content (AvgIpc) is 2.70. The van der Waals surface area contributed by atoms with E-state index in [2.05, 4.69) is 16.3 Å². The fourth-order valence-electron chi connectivity index (χ4n) is 2.33. The largest absolute Gasteiger partial charge is 0.497 e. The molecule has 2 aromatic rings. The van der Waals surface area contributed by atoms with Crippen LogP contribution in [0.15, 0.2) is 72.4 Å². The highest BCUT2D eigenvalue weighted by atomic mass is 19.3. The van der Waals surface area contributed by atoms with Gasteiger partial charge in [-0.3, -0.25) is 4.99 Å². The van der Waals surface area contributed by atoms with Gasteiger partial charge in [0.25, 0.3) is 0 Å². The number of alkyl halides is 2. The van der Waals surface area contributed by atoms with Gasteiger partial charge in [-0.25, -0.2) is 0 Å². The molecule has 4 nitrogen and oxygen atoms in total. The molecule has 0 aliphatic rings. The van der Waals surface area contributed by atoms with Gasteiger partial charge in [-0.2, -0.15) is 8.78 Å². The van der Waals surface area contributed by atoms with E-state index < -0.39 is 6.11 Å². The first-order chi connectivity index (χ1) is 13.8. The molecule has 0 aliphatic heterocycles. The molecule has 152 valence electrons. The van der Waals surface area contributed by atoms with Gasteiger partial charge < -0.3 is 14.2 Å². The number of aliphatic imine (C=N–C) groups is 1. The van der Waals surface area contributed by atoms with E-state index in [1.807, 2.05) is 18.2 Å². The third-order valence-electron chi connectivity index (χ3n) is 3.72. The van der Waals surface area contributed by atoms with E-state index in [1.54, 1.807) is 57.0 Å². The predicted molar refractivity (Wildman–Crippen MR) is 113 cm³/mol. The normalized spacial score (nSPS) is 12.0. The molecule has 0 saturated carbocycles. The number of allylic oxidation sites excluding steroid dienone is 3. The number of rotatable bonds is 9. The molecule has 0 unspecified atom stereocenters. The fraction of sp³-hybridized carbons (Fsp3) is 0.174. The van der Waals surface area contributed by atoms with Crippen molar-refractivity contribution >= 4 is 17.9 Å². The quantitative estimate of drug-likeness (QED) is 0.383. The van der Waals surface area contributed by atoms with E-state index in [1.165, 1.54) is 12.1 Å². The number of methoxy groups -OCH3 is 2. The van der Waals surface area contributed by atoms with Gasteiger partial charge in [0.1, 0.15) is 17.2 Å². The molecule has 2 rings (SSSR count). The molecule has 0 aromatic heterocycles. The Hall–Kier alpha value is -3.41. The Bertz CT molecular complexity index is 888. The Morgan fingerprint density at radius 2 is 1.62 bits per heavy atom. The van der Waals surface area contributed by atoms with Gasteiger partial charge in [-0.1, -0.05) is 24.8 Å². The van der Waals surface area contributed by atoms with Crippen LogP contribution in [0.2, 0.25) is 0 Å². The van der Waals surface area contributed by atoms with Gasteiger partial charge in [0.05, 0.1) is 14.2 Å². The van der Waals surface area contributed by atoms with Gasteiger partial charge in [-0.15, -0.1) is 0 Å². The number of halogens is 2. The van der Waals surface area contributed by atoms with E-state index in [0.29, 0.717) is 18.4 Å². The second-order valence-electron chi connectivity index (χ2n) is 6.08. The van der Waals surface area contributed by atoms with Crippen LogP contribution >= 0.6 is 0 Å². The summed E-state index contributed by atoms with van der Waals surface area (Å²) in [7, 11) is 3.19. The summed E-state index contributed by atoms with van der Waals surface area (Å²) >= 11 is 0. The van der Waals surface area contributed by atoms with Crippen LogP contribution in [0.3, 0.4) is 0 Å². The summed E-state index contributed by atoms with van der Waals surface area (Å²) in [4.78, 5) is 4.15. The van der Waals surface area contributed by atoms with Crippen molar-refractivity contribution in [3.8, 4) is 17.2 Å². The minimum absolute atomic E-state index is 0.105. The molecule has 0 radical (unpaired) electrons. The topological polar surface area (TPSA) is 40.0 Å². The van der Waals surface area contributed by atoms with Crippen molar-refractivity contribution in [3.63, 3.8) is 0 Å². The first kappa shape index (κ1) is 21.9. The van der Waals surface area contributed by atoms with Crippen LogP contribution in [0.4, 0.5) is 8.78 Å². The van der Waals surface area contributed by atoms with Crippen LogP contribution in [-0.4, -0.2) is 26.5 Å². The average molecular weight is 399 g/mol. The maximum Gasteiger partial charge on any atom is 0.394 e. The van der Waals surface area contributed by atoms with Crippen molar-refractivity contribution in [2.75, 3.05) is 14.2 Å². The van der Waals surface area contributed by atoms with Crippen LogP contribution in [0.1, 0.15) is 18.1 Å². The third kappa shape index (κ3) is 7.62. The smallest absolute Gasteiger partial charge is 0.394 e.